The van der Waals surface area contributed by atoms with Gasteiger partial charge in [-0.3, -0.25) is 0 Å². The van der Waals surface area contributed by atoms with Crippen LogP contribution in [0.1, 0.15) is 60.1 Å². The molecular formula is C64H44N2S. The van der Waals surface area contributed by atoms with Crippen LogP contribution in [0.4, 0.5) is 0 Å². The van der Waals surface area contributed by atoms with Crippen LogP contribution >= 0.6 is 11.3 Å². The van der Waals surface area contributed by atoms with E-state index in [1.54, 1.807) is 0 Å². The van der Waals surface area contributed by atoms with E-state index in [4.69, 9.17) is 0 Å². The lowest BCUT2D eigenvalue weighted by atomic mass is 9.72. The van der Waals surface area contributed by atoms with Crippen molar-refractivity contribution in [2.75, 3.05) is 0 Å². The van der Waals surface area contributed by atoms with Crippen LogP contribution in [0, 0.1) is 0 Å². The maximum Gasteiger partial charge on any atom is 0.0541 e. The molecule has 0 fully saturated rings. The van der Waals surface area contributed by atoms with Crippen LogP contribution in [0.2, 0.25) is 0 Å². The van der Waals surface area contributed by atoms with E-state index in [1.807, 2.05) is 11.3 Å². The number of thiophene rings is 1. The molecule has 0 saturated heterocycles. The lowest BCUT2D eigenvalue weighted by Crippen LogP contribution is -2.24. The smallest absolute Gasteiger partial charge is 0.0541 e. The summed E-state index contributed by atoms with van der Waals surface area (Å²) in [5.41, 5.74) is 20.3. The van der Waals surface area contributed by atoms with Crippen LogP contribution in [0.3, 0.4) is 0 Å². The van der Waals surface area contributed by atoms with Crippen molar-refractivity contribution in [1.82, 2.24) is 9.13 Å². The predicted molar refractivity (Wildman–Crippen MR) is 284 cm³/mol. The van der Waals surface area contributed by atoms with Gasteiger partial charge in [0.1, 0.15) is 0 Å². The Labute approximate surface area is 393 Å². The Morgan fingerprint density at radius 1 is 0.388 bits per heavy atom. The lowest BCUT2D eigenvalue weighted by Gasteiger charge is -2.31. The highest BCUT2D eigenvalue weighted by atomic mass is 32.1. The zero-order valence-electron chi connectivity index (χ0n) is 37.3. The first-order valence-corrected chi connectivity index (χ1v) is 24.6. The number of allylic oxidation sites excluding steroid dienone is 4. The molecule has 0 saturated carbocycles. The highest BCUT2D eigenvalue weighted by Crippen LogP contribution is 2.59. The molecule has 1 atom stereocenters. The molecule has 0 radical (unpaired) electrons. The summed E-state index contributed by atoms with van der Waals surface area (Å²) in [4.78, 5) is 0. The first-order valence-electron chi connectivity index (χ1n) is 23.7. The second kappa shape index (κ2) is 13.4. The summed E-state index contributed by atoms with van der Waals surface area (Å²) in [6, 6.07) is 73.6. The lowest BCUT2D eigenvalue weighted by molar-refractivity contribution is 0.711. The van der Waals surface area contributed by atoms with Crippen molar-refractivity contribution < 1.29 is 0 Å². The fraction of sp³-hybridized carbons (Fsp3) is 0.0938. The molecule has 67 heavy (non-hydrogen) atoms. The maximum absolute atomic E-state index is 2.57. The second-order valence-electron chi connectivity index (χ2n) is 19.3. The highest BCUT2D eigenvalue weighted by molar-refractivity contribution is 7.26. The number of fused-ring (bicyclic) bond motifs is 14. The third-order valence-electron chi connectivity index (χ3n) is 16.1. The van der Waals surface area contributed by atoms with E-state index in [0.717, 1.165) is 12.8 Å². The Hall–Kier alpha value is -7.72. The van der Waals surface area contributed by atoms with Crippen molar-refractivity contribution in [2.45, 2.75) is 37.5 Å². The molecule has 3 heteroatoms. The van der Waals surface area contributed by atoms with Gasteiger partial charge in [0.2, 0.25) is 0 Å². The van der Waals surface area contributed by atoms with Gasteiger partial charge in [-0.2, -0.15) is 0 Å². The summed E-state index contributed by atoms with van der Waals surface area (Å²) in [6.07, 6.45) is 7.00. The van der Waals surface area contributed by atoms with Gasteiger partial charge in [0.25, 0.3) is 0 Å². The highest BCUT2D eigenvalue weighted by Gasteiger charge is 2.45. The fourth-order valence-corrected chi connectivity index (χ4v) is 14.6. The van der Waals surface area contributed by atoms with Gasteiger partial charge in [0.15, 0.2) is 0 Å². The van der Waals surface area contributed by atoms with Crippen LogP contribution < -0.4 is 0 Å². The maximum atomic E-state index is 2.57. The summed E-state index contributed by atoms with van der Waals surface area (Å²) >= 11 is 2.01. The predicted octanol–water partition coefficient (Wildman–Crippen LogP) is 17.0. The Kier molecular flexibility index (Phi) is 7.52. The van der Waals surface area contributed by atoms with E-state index in [-0.39, 0.29) is 5.41 Å². The number of aromatic nitrogens is 2. The van der Waals surface area contributed by atoms with Gasteiger partial charge < -0.3 is 9.13 Å². The molecule has 0 spiro atoms. The standard InChI is InChI=1S/C64H44N2S/c1-63(51-27-11-3-19-41(51)42-20-4-12-28-52(42)63)55-37-39(65-57-31-15-7-23-45(57)46-24-8-16-32-58(46)65)35-49-50-36-40(66-59-33-17-9-25-47(59)48-26-10-18-34-60(48)66)38-56(62(50)67-61(49)55)64(2)53-29-13-5-21-43(53)44-22-6-14-30-54(44)64/h3-5,7-21,23-38H,6,22H2,1-2H3. The molecular weight excluding hydrogens is 829 g/mol. The third-order valence-corrected chi connectivity index (χ3v) is 17.4. The van der Waals surface area contributed by atoms with Gasteiger partial charge in [-0.15, -0.1) is 11.3 Å². The minimum Gasteiger partial charge on any atom is -0.309 e. The summed E-state index contributed by atoms with van der Waals surface area (Å²) in [5, 5.41) is 7.68. The van der Waals surface area contributed by atoms with Crippen molar-refractivity contribution >= 4 is 80.7 Å². The van der Waals surface area contributed by atoms with Crippen LogP contribution in [0.5, 0.6) is 0 Å². The molecule has 316 valence electrons. The van der Waals surface area contributed by atoms with E-state index in [2.05, 4.69) is 229 Å². The molecule has 3 aliphatic rings. The monoisotopic (exact) mass is 872 g/mol. The number of nitrogens with zero attached hydrogens (tertiary/aromatic N) is 2. The van der Waals surface area contributed by atoms with Crippen LogP contribution in [0.25, 0.3) is 91.9 Å². The van der Waals surface area contributed by atoms with Gasteiger partial charge in [0.05, 0.1) is 22.1 Å². The molecule has 3 aromatic heterocycles. The zero-order valence-corrected chi connectivity index (χ0v) is 38.2. The Bertz CT molecular complexity index is 4050. The summed E-state index contributed by atoms with van der Waals surface area (Å²) in [6.45, 7) is 5.02. The van der Waals surface area contributed by atoms with E-state index in [0.29, 0.717) is 0 Å². The van der Waals surface area contributed by atoms with E-state index in [1.165, 1.54) is 131 Å². The van der Waals surface area contributed by atoms with Crippen LogP contribution in [-0.4, -0.2) is 9.13 Å². The zero-order chi connectivity index (χ0) is 44.2. The van der Waals surface area contributed by atoms with E-state index < -0.39 is 5.41 Å². The molecule has 2 nitrogen and oxygen atoms in total. The first-order chi connectivity index (χ1) is 33.0. The van der Waals surface area contributed by atoms with Gasteiger partial charge >= 0.3 is 0 Å². The second-order valence-corrected chi connectivity index (χ2v) is 20.3. The SMILES string of the molecule is CC1(c2cc(-n3c4ccccc4c4ccccc43)cc3c2sc2c(C4(C)c5ccccc5-c5ccccc54)cc(-n4c5ccccc5c5ccccc54)cc23)C2=C(CCC=C2)c2ccccc21. The van der Waals surface area contributed by atoms with Gasteiger partial charge in [-0.25, -0.2) is 0 Å². The van der Waals surface area contributed by atoms with Crippen molar-refractivity contribution in [1.29, 1.82) is 0 Å². The minimum absolute atomic E-state index is 0.386. The average Bonchev–Trinajstić information content (AvgIpc) is 4.16. The number of para-hydroxylation sites is 4. The van der Waals surface area contributed by atoms with Crippen molar-refractivity contribution in [2.24, 2.45) is 0 Å². The minimum atomic E-state index is -0.428. The average molecular weight is 873 g/mol. The van der Waals surface area contributed by atoms with E-state index in [9.17, 15) is 0 Å². The number of rotatable bonds is 4. The summed E-state index contributed by atoms with van der Waals surface area (Å²) < 4.78 is 7.77. The molecule has 0 N–H and O–H groups in total. The molecule has 15 rings (SSSR count). The largest absolute Gasteiger partial charge is 0.309 e. The molecule has 0 bridgehead atoms. The topological polar surface area (TPSA) is 9.86 Å². The quantitative estimate of drug-likeness (QED) is 0.167. The molecule has 0 amide bonds. The molecule has 1 unspecified atom stereocenters. The molecule has 9 aromatic carbocycles. The first kappa shape index (κ1) is 37.5. The number of hydrogen-bond donors (Lipinski definition) is 0. The Morgan fingerprint density at radius 2 is 0.776 bits per heavy atom. The third kappa shape index (κ3) is 4.79. The van der Waals surface area contributed by atoms with Crippen molar-refractivity contribution in [3.05, 3.63) is 245 Å². The van der Waals surface area contributed by atoms with Gasteiger partial charge in [0, 0.05) is 63.9 Å². The Balaban J connectivity index is 1.14. The number of benzene rings is 9. The van der Waals surface area contributed by atoms with Gasteiger partial charge in [-0.05, 0) is 131 Å². The van der Waals surface area contributed by atoms with E-state index >= 15 is 0 Å². The summed E-state index contributed by atoms with van der Waals surface area (Å²) in [5.74, 6) is 0. The van der Waals surface area contributed by atoms with Crippen LogP contribution in [0.15, 0.2) is 212 Å². The van der Waals surface area contributed by atoms with Crippen molar-refractivity contribution in [3.63, 3.8) is 0 Å². The summed E-state index contributed by atoms with van der Waals surface area (Å²) in [7, 11) is 0. The number of hydrogen-bond acceptors (Lipinski definition) is 1. The van der Waals surface area contributed by atoms with Crippen molar-refractivity contribution in [3.8, 4) is 22.5 Å². The van der Waals surface area contributed by atoms with Crippen LogP contribution in [-0.2, 0) is 10.8 Å². The molecule has 3 aliphatic carbocycles. The normalized spacial score (nSPS) is 17.0. The molecule has 0 aliphatic heterocycles. The fourth-order valence-electron chi connectivity index (χ4n) is 13.1. The van der Waals surface area contributed by atoms with Gasteiger partial charge in [-0.1, -0.05) is 158 Å². The molecule has 12 aromatic rings. The Morgan fingerprint density at radius 3 is 1.25 bits per heavy atom. The molecule has 3 heterocycles.